The van der Waals surface area contributed by atoms with Gasteiger partial charge < -0.3 is 4.90 Å². The van der Waals surface area contributed by atoms with Crippen molar-refractivity contribution in [2.75, 3.05) is 20.1 Å². The van der Waals surface area contributed by atoms with Gasteiger partial charge in [-0.15, -0.1) is 0 Å². The zero-order valence-corrected chi connectivity index (χ0v) is 12.0. The first-order valence-electron chi connectivity index (χ1n) is 5.79. The fourth-order valence-electron chi connectivity index (χ4n) is 1.95. The van der Waals surface area contributed by atoms with Crippen molar-refractivity contribution in [3.05, 3.63) is 0 Å². The van der Waals surface area contributed by atoms with Crippen molar-refractivity contribution in [2.45, 2.75) is 51.4 Å². The average molecular weight is 248 g/mol. The van der Waals surface area contributed by atoms with Gasteiger partial charge in [-0.3, -0.25) is 0 Å². The predicted molar refractivity (Wildman–Crippen MR) is 66.9 cm³/mol. The first-order valence-corrected chi connectivity index (χ1v) is 7.23. The summed E-state index contributed by atoms with van der Waals surface area (Å²) in [4.78, 5) is 2.21. The van der Waals surface area contributed by atoms with Gasteiger partial charge >= 0.3 is 0 Å². The lowest BCUT2D eigenvalue weighted by Crippen LogP contribution is -2.59. The monoisotopic (exact) mass is 248 g/mol. The van der Waals surface area contributed by atoms with Crippen LogP contribution in [-0.4, -0.2) is 54.6 Å². The summed E-state index contributed by atoms with van der Waals surface area (Å²) in [5, 5.41) is 0. The van der Waals surface area contributed by atoms with Crippen molar-refractivity contribution >= 4 is 10.0 Å². The maximum Gasteiger partial charge on any atom is 0.219 e. The largest absolute Gasteiger partial charge is 0.301 e. The van der Waals surface area contributed by atoms with Gasteiger partial charge in [0.1, 0.15) is 0 Å². The topological polar surface area (TPSA) is 40.6 Å². The van der Waals surface area contributed by atoms with E-state index in [-0.39, 0.29) is 12.1 Å². The molecule has 4 nitrogen and oxygen atoms in total. The molecule has 1 aliphatic rings. The Kier molecular flexibility index (Phi) is 3.72. The number of hydrogen-bond donors (Lipinski definition) is 0. The van der Waals surface area contributed by atoms with Crippen LogP contribution in [0.1, 0.15) is 34.6 Å². The molecular formula is C11H24N2O2S. The standard InChI is InChI=1S/C11H24N2O2S/c1-9-8-13(10(2)7-12(9)6)16(14,15)11(3,4)5/h9-10H,7-8H2,1-6H3/t9-,10+/m0/s1. The Morgan fingerprint density at radius 3 is 2.00 bits per heavy atom. The van der Waals surface area contributed by atoms with Gasteiger partial charge in [0.25, 0.3) is 0 Å². The number of sulfonamides is 1. The SMILES string of the molecule is C[C@@H]1CN(C)[C@@H](C)CN1S(=O)(=O)C(C)(C)C. The summed E-state index contributed by atoms with van der Waals surface area (Å²) in [7, 11) is -1.15. The molecule has 0 amide bonds. The molecule has 0 bridgehead atoms. The molecule has 0 aliphatic carbocycles. The molecule has 1 aliphatic heterocycles. The third-order valence-corrected chi connectivity index (χ3v) is 6.00. The predicted octanol–water partition coefficient (Wildman–Crippen LogP) is 1.14. The summed E-state index contributed by atoms with van der Waals surface area (Å²) >= 11 is 0. The molecule has 0 saturated carbocycles. The van der Waals surface area contributed by atoms with E-state index in [2.05, 4.69) is 11.8 Å². The summed E-state index contributed by atoms with van der Waals surface area (Å²) in [5.41, 5.74) is 0. The first-order chi connectivity index (χ1) is 7.07. The van der Waals surface area contributed by atoms with Crippen LogP contribution in [0.5, 0.6) is 0 Å². The molecule has 1 fully saturated rings. The second-order valence-electron chi connectivity index (χ2n) is 5.82. The molecule has 16 heavy (non-hydrogen) atoms. The molecule has 96 valence electrons. The van der Waals surface area contributed by atoms with E-state index >= 15 is 0 Å². The zero-order valence-electron chi connectivity index (χ0n) is 11.2. The van der Waals surface area contributed by atoms with E-state index in [1.54, 1.807) is 25.1 Å². The van der Waals surface area contributed by atoms with E-state index in [0.29, 0.717) is 6.54 Å². The van der Waals surface area contributed by atoms with Gasteiger partial charge in [0, 0.05) is 25.2 Å². The van der Waals surface area contributed by atoms with Crippen LogP contribution in [0, 0.1) is 0 Å². The third-order valence-electron chi connectivity index (χ3n) is 3.32. The number of likely N-dealkylation sites (N-methyl/N-ethyl adjacent to an activating group) is 1. The minimum atomic E-state index is -3.20. The zero-order chi connectivity index (χ0) is 12.7. The highest BCUT2D eigenvalue weighted by atomic mass is 32.2. The van der Waals surface area contributed by atoms with Crippen molar-refractivity contribution in [1.82, 2.24) is 9.21 Å². The molecule has 1 saturated heterocycles. The van der Waals surface area contributed by atoms with Crippen molar-refractivity contribution in [3.63, 3.8) is 0 Å². The first kappa shape index (κ1) is 13.9. The minimum absolute atomic E-state index is 0.0606. The molecule has 5 heteroatoms. The third kappa shape index (κ3) is 2.41. The van der Waals surface area contributed by atoms with Gasteiger partial charge in [0.15, 0.2) is 0 Å². The highest BCUT2D eigenvalue weighted by Crippen LogP contribution is 2.25. The lowest BCUT2D eigenvalue weighted by atomic mass is 10.2. The Labute approximate surface area is 99.7 Å². The Balaban J connectivity index is 2.98. The van der Waals surface area contributed by atoms with Crippen molar-refractivity contribution in [1.29, 1.82) is 0 Å². The van der Waals surface area contributed by atoms with Crippen LogP contribution in [0.3, 0.4) is 0 Å². The normalized spacial score (nSPS) is 30.6. The van der Waals surface area contributed by atoms with Crippen LogP contribution in [0.2, 0.25) is 0 Å². The maximum atomic E-state index is 12.4. The van der Waals surface area contributed by atoms with Crippen molar-refractivity contribution in [3.8, 4) is 0 Å². The molecule has 0 spiro atoms. The summed E-state index contributed by atoms with van der Waals surface area (Å²) in [5.74, 6) is 0. The lowest BCUT2D eigenvalue weighted by molar-refractivity contribution is 0.116. The fourth-order valence-corrected chi connectivity index (χ4v) is 3.61. The van der Waals surface area contributed by atoms with Crippen LogP contribution in [0.15, 0.2) is 0 Å². The fraction of sp³-hybridized carbons (Fsp3) is 1.00. The van der Waals surface area contributed by atoms with Crippen LogP contribution < -0.4 is 0 Å². The Bertz CT molecular complexity index is 345. The molecule has 0 unspecified atom stereocenters. The number of nitrogens with zero attached hydrogens (tertiary/aromatic N) is 2. The lowest BCUT2D eigenvalue weighted by Gasteiger charge is -2.43. The molecule has 0 aromatic carbocycles. The van der Waals surface area contributed by atoms with Crippen LogP contribution in [-0.2, 0) is 10.0 Å². The smallest absolute Gasteiger partial charge is 0.219 e. The summed E-state index contributed by atoms with van der Waals surface area (Å²) in [6, 6.07) is 0.346. The van der Waals surface area contributed by atoms with Crippen molar-refractivity contribution < 1.29 is 8.42 Å². The van der Waals surface area contributed by atoms with Crippen molar-refractivity contribution in [2.24, 2.45) is 0 Å². The van der Waals surface area contributed by atoms with Gasteiger partial charge in [-0.25, -0.2) is 8.42 Å². The van der Waals surface area contributed by atoms with Crippen LogP contribution in [0.4, 0.5) is 0 Å². The Hall–Kier alpha value is -0.130. The van der Waals surface area contributed by atoms with E-state index in [1.807, 2.05) is 14.0 Å². The Morgan fingerprint density at radius 2 is 1.56 bits per heavy atom. The second-order valence-corrected chi connectivity index (χ2v) is 8.47. The van der Waals surface area contributed by atoms with Gasteiger partial charge in [-0.2, -0.15) is 4.31 Å². The summed E-state index contributed by atoms with van der Waals surface area (Å²) in [6.07, 6.45) is 0. The molecule has 0 N–H and O–H groups in total. The highest BCUT2D eigenvalue weighted by Gasteiger charge is 2.41. The average Bonchev–Trinajstić information content (AvgIpc) is 2.09. The molecule has 0 aromatic rings. The minimum Gasteiger partial charge on any atom is -0.301 e. The summed E-state index contributed by atoms with van der Waals surface area (Å²) < 4.78 is 25.7. The number of rotatable bonds is 1. The Morgan fingerprint density at radius 1 is 1.06 bits per heavy atom. The molecule has 0 radical (unpaired) electrons. The quantitative estimate of drug-likeness (QED) is 0.699. The summed E-state index contributed by atoms with van der Waals surface area (Å²) in [6.45, 7) is 10.7. The van der Waals surface area contributed by atoms with Gasteiger partial charge in [-0.1, -0.05) is 0 Å². The molecule has 1 rings (SSSR count). The molecule has 2 atom stereocenters. The second kappa shape index (κ2) is 4.27. The van der Waals surface area contributed by atoms with E-state index < -0.39 is 14.8 Å². The number of piperazine rings is 1. The van der Waals surface area contributed by atoms with Gasteiger partial charge in [-0.05, 0) is 41.7 Å². The van der Waals surface area contributed by atoms with Crippen LogP contribution in [0.25, 0.3) is 0 Å². The molecule has 0 aromatic heterocycles. The molecule has 1 heterocycles. The maximum absolute atomic E-state index is 12.4. The van der Waals surface area contributed by atoms with Gasteiger partial charge in [0.2, 0.25) is 10.0 Å². The molecular weight excluding hydrogens is 224 g/mol. The van der Waals surface area contributed by atoms with Gasteiger partial charge in [0.05, 0.1) is 4.75 Å². The van der Waals surface area contributed by atoms with E-state index in [4.69, 9.17) is 0 Å². The van der Waals surface area contributed by atoms with E-state index in [1.165, 1.54) is 0 Å². The highest BCUT2D eigenvalue weighted by molar-refractivity contribution is 7.90. The van der Waals surface area contributed by atoms with Crippen LogP contribution >= 0.6 is 0 Å². The number of hydrogen-bond acceptors (Lipinski definition) is 3. The van der Waals surface area contributed by atoms with E-state index in [9.17, 15) is 8.42 Å². The van der Waals surface area contributed by atoms with E-state index in [0.717, 1.165) is 6.54 Å².